The van der Waals surface area contributed by atoms with Crippen LogP contribution in [0.4, 0.5) is 4.39 Å². The van der Waals surface area contributed by atoms with E-state index in [9.17, 15) is 14.0 Å². The second-order valence-corrected chi connectivity index (χ2v) is 7.77. The molecule has 27 heavy (non-hydrogen) atoms. The molecule has 0 saturated carbocycles. The van der Waals surface area contributed by atoms with Crippen LogP contribution in [0.15, 0.2) is 41.8 Å². The molecule has 0 radical (unpaired) electrons. The maximum Gasteiger partial charge on any atom is 0.309 e. The van der Waals surface area contributed by atoms with Gasteiger partial charge in [-0.2, -0.15) is 0 Å². The van der Waals surface area contributed by atoms with E-state index in [1.54, 1.807) is 23.5 Å². The summed E-state index contributed by atoms with van der Waals surface area (Å²) < 4.78 is 18.1. The zero-order chi connectivity index (χ0) is 19.2. The van der Waals surface area contributed by atoms with Crippen LogP contribution in [0, 0.1) is 11.7 Å². The van der Waals surface area contributed by atoms with Crippen molar-refractivity contribution >= 4 is 23.2 Å². The van der Waals surface area contributed by atoms with Gasteiger partial charge in [-0.1, -0.05) is 18.2 Å². The minimum Gasteiger partial charge on any atom is -0.469 e. The maximum atomic E-state index is 13.3. The number of benzene rings is 1. The Labute approximate surface area is 162 Å². The van der Waals surface area contributed by atoms with Crippen molar-refractivity contribution in [2.45, 2.75) is 18.9 Å². The number of methoxy groups -OCH3 is 1. The van der Waals surface area contributed by atoms with E-state index in [2.05, 4.69) is 5.32 Å². The molecule has 1 aromatic heterocycles. The lowest BCUT2D eigenvalue weighted by Gasteiger charge is -2.28. The van der Waals surface area contributed by atoms with Gasteiger partial charge in [0.15, 0.2) is 6.54 Å². The van der Waals surface area contributed by atoms with Gasteiger partial charge in [0.2, 0.25) is 0 Å². The number of halogens is 1. The third kappa shape index (κ3) is 5.14. The summed E-state index contributed by atoms with van der Waals surface area (Å²) in [5.74, 6) is -0.565. The second-order valence-electron chi connectivity index (χ2n) is 6.79. The van der Waals surface area contributed by atoms with E-state index < -0.39 is 0 Å². The molecule has 1 aliphatic rings. The Bertz CT molecular complexity index is 756. The molecule has 1 fully saturated rings. The van der Waals surface area contributed by atoms with Crippen LogP contribution < -0.4 is 10.2 Å². The Balaban J connectivity index is 1.60. The van der Waals surface area contributed by atoms with Gasteiger partial charge in [-0.3, -0.25) is 9.59 Å². The third-order valence-electron chi connectivity index (χ3n) is 4.97. The number of nitrogens with one attached hydrogen (secondary N) is 2. The Morgan fingerprint density at radius 1 is 1.26 bits per heavy atom. The molecule has 1 aromatic carbocycles. The molecule has 2 aromatic rings. The molecule has 3 rings (SSSR count). The van der Waals surface area contributed by atoms with Crippen LogP contribution in [-0.4, -0.2) is 38.6 Å². The molecule has 0 bridgehead atoms. The fourth-order valence-electron chi connectivity index (χ4n) is 3.47. The summed E-state index contributed by atoms with van der Waals surface area (Å²) in [6.07, 6.45) is 1.48. The van der Waals surface area contributed by atoms with Gasteiger partial charge in [0, 0.05) is 17.7 Å². The lowest BCUT2D eigenvalue weighted by atomic mass is 9.97. The highest BCUT2D eigenvalue weighted by Crippen LogP contribution is 2.26. The number of thiophene rings is 1. The molecule has 7 heteroatoms. The largest absolute Gasteiger partial charge is 0.469 e. The van der Waals surface area contributed by atoms with Gasteiger partial charge < -0.3 is 15.0 Å². The van der Waals surface area contributed by atoms with Gasteiger partial charge >= 0.3 is 5.97 Å². The van der Waals surface area contributed by atoms with E-state index in [-0.39, 0.29) is 29.7 Å². The Morgan fingerprint density at radius 2 is 1.96 bits per heavy atom. The number of carbonyl (C=O) groups is 2. The molecule has 1 atom stereocenters. The average molecular weight is 391 g/mol. The molecule has 5 nitrogen and oxygen atoms in total. The lowest BCUT2D eigenvalue weighted by Crippen LogP contribution is -3.14. The molecule has 2 heterocycles. The number of quaternary nitrogens is 1. The van der Waals surface area contributed by atoms with Crippen molar-refractivity contribution in [3.8, 4) is 0 Å². The fraction of sp³-hybridized carbons (Fsp3) is 0.400. The van der Waals surface area contributed by atoms with Crippen LogP contribution in [0.5, 0.6) is 0 Å². The molecular formula is C20H24FN2O3S+. The van der Waals surface area contributed by atoms with Crippen LogP contribution in [0.2, 0.25) is 0 Å². The number of ether oxygens (including phenoxy) is 1. The first-order chi connectivity index (χ1) is 13.1. The number of piperidine rings is 1. The van der Waals surface area contributed by atoms with Gasteiger partial charge in [0.05, 0.1) is 32.2 Å². The zero-order valence-electron chi connectivity index (χ0n) is 15.2. The summed E-state index contributed by atoms with van der Waals surface area (Å²) in [6, 6.07) is 9.84. The highest BCUT2D eigenvalue weighted by Gasteiger charge is 2.29. The van der Waals surface area contributed by atoms with Gasteiger partial charge in [0.1, 0.15) is 5.82 Å². The van der Waals surface area contributed by atoms with Crippen LogP contribution >= 0.6 is 11.3 Å². The minimum atomic E-state index is -0.298. The standard InChI is InChI=1S/C20H23FN2O3S/c1-26-20(25)15-8-10-23(11-9-15)13-18(24)22-19(17-3-2-12-27-17)14-4-6-16(21)7-5-14/h2-7,12,15,19H,8-11,13H2,1H3,(H,22,24)/p+1/t19-/m1/s1. The first kappa shape index (κ1) is 19.5. The summed E-state index contributed by atoms with van der Waals surface area (Å²) in [6.45, 7) is 1.90. The van der Waals surface area contributed by atoms with Crippen LogP contribution in [-0.2, 0) is 14.3 Å². The van der Waals surface area contributed by atoms with E-state index in [1.807, 2.05) is 17.5 Å². The second kappa shape index (κ2) is 9.10. The molecule has 0 aliphatic carbocycles. The number of hydrogen-bond acceptors (Lipinski definition) is 4. The first-order valence-electron chi connectivity index (χ1n) is 9.06. The van der Waals surface area contributed by atoms with Gasteiger partial charge in [-0.25, -0.2) is 4.39 Å². The lowest BCUT2D eigenvalue weighted by molar-refractivity contribution is -0.897. The van der Waals surface area contributed by atoms with E-state index >= 15 is 0 Å². The highest BCUT2D eigenvalue weighted by atomic mass is 32.1. The quantitative estimate of drug-likeness (QED) is 0.735. The van der Waals surface area contributed by atoms with Crippen molar-refractivity contribution in [2.24, 2.45) is 5.92 Å². The Hall–Kier alpha value is -2.25. The Kier molecular flexibility index (Phi) is 6.58. The number of hydrogen-bond donors (Lipinski definition) is 2. The normalized spacial score (nSPS) is 20.7. The summed E-state index contributed by atoms with van der Waals surface area (Å²) in [4.78, 5) is 26.4. The van der Waals surface area contributed by atoms with Crippen molar-refractivity contribution in [1.82, 2.24) is 5.32 Å². The monoisotopic (exact) mass is 391 g/mol. The maximum absolute atomic E-state index is 13.3. The highest BCUT2D eigenvalue weighted by molar-refractivity contribution is 7.10. The van der Waals surface area contributed by atoms with Gasteiger partial charge in [-0.05, 0) is 29.1 Å². The molecular weight excluding hydrogens is 367 g/mol. The van der Waals surface area contributed by atoms with Crippen molar-refractivity contribution in [2.75, 3.05) is 26.7 Å². The topological polar surface area (TPSA) is 59.8 Å². The molecule has 1 saturated heterocycles. The van der Waals surface area contributed by atoms with Crippen molar-refractivity contribution in [3.05, 3.63) is 58.0 Å². The molecule has 2 N–H and O–H groups in total. The minimum absolute atomic E-state index is 0.0516. The Morgan fingerprint density at radius 3 is 2.56 bits per heavy atom. The number of likely N-dealkylation sites (tertiary alicyclic amines) is 1. The van der Waals surface area contributed by atoms with E-state index in [1.165, 1.54) is 19.2 Å². The van der Waals surface area contributed by atoms with Gasteiger partial charge in [0.25, 0.3) is 5.91 Å². The smallest absolute Gasteiger partial charge is 0.309 e. The van der Waals surface area contributed by atoms with E-state index in [0.717, 1.165) is 41.3 Å². The summed E-state index contributed by atoms with van der Waals surface area (Å²) in [5, 5.41) is 5.04. The molecule has 0 unspecified atom stereocenters. The van der Waals surface area contributed by atoms with E-state index in [0.29, 0.717) is 6.54 Å². The number of rotatable bonds is 6. The summed E-state index contributed by atoms with van der Waals surface area (Å²) in [5.41, 5.74) is 0.853. The molecule has 1 amide bonds. The SMILES string of the molecule is COC(=O)C1CC[NH+](CC(=O)N[C@H](c2ccc(F)cc2)c2cccs2)CC1. The van der Waals surface area contributed by atoms with Crippen LogP contribution in [0.1, 0.15) is 29.3 Å². The van der Waals surface area contributed by atoms with Gasteiger partial charge in [-0.15, -0.1) is 11.3 Å². The van der Waals surface area contributed by atoms with Crippen molar-refractivity contribution in [3.63, 3.8) is 0 Å². The summed E-state index contributed by atoms with van der Waals surface area (Å²) in [7, 11) is 1.41. The first-order valence-corrected chi connectivity index (χ1v) is 9.94. The number of carbonyl (C=O) groups excluding carboxylic acids is 2. The average Bonchev–Trinajstić information content (AvgIpc) is 3.21. The fourth-order valence-corrected chi connectivity index (χ4v) is 4.28. The summed E-state index contributed by atoms with van der Waals surface area (Å²) >= 11 is 1.56. The van der Waals surface area contributed by atoms with E-state index in [4.69, 9.17) is 4.74 Å². The predicted molar refractivity (Wildman–Crippen MR) is 101 cm³/mol. The predicted octanol–water partition coefficient (Wildman–Crippen LogP) is 1.56. The van der Waals surface area contributed by atoms with Crippen LogP contribution in [0.3, 0.4) is 0 Å². The third-order valence-corrected chi connectivity index (χ3v) is 5.91. The van der Waals surface area contributed by atoms with Crippen molar-refractivity contribution in [1.29, 1.82) is 0 Å². The molecule has 0 spiro atoms. The number of amides is 1. The molecule has 1 aliphatic heterocycles. The van der Waals surface area contributed by atoms with Crippen molar-refractivity contribution < 1.29 is 23.6 Å². The molecule has 144 valence electrons. The zero-order valence-corrected chi connectivity index (χ0v) is 16.1. The number of esters is 1. The van der Waals surface area contributed by atoms with Crippen LogP contribution in [0.25, 0.3) is 0 Å².